The van der Waals surface area contributed by atoms with Crippen LogP contribution in [0.25, 0.3) is 0 Å². The molecule has 1 aliphatic heterocycles. The fourth-order valence-corrected chi connectivity index (χ4v) is 7.31. The van der Waals surface area contributed by atoms with Gasteiger partial charge in [0.05, 0.1) is 12.0 Å². The van der Waals surface area contributed by atoms with Crippen LogP contribution in [0.2, 0.25) is 0 Å². The first kappa shape index (κ1) is 23.2. The van der Waals surface area contributed by atoms with E-state index >= 15 is 0 Å². The molecular formula is C27H36N2O5. The van der Waals surface area contributed by atoms with Crippen LogP contribution in [0.4, 0.5) is 4.79 Å². The third-order valence-electron chi connectivity index (χ3n) is 8.52. The number of benzene rings is 1. The molecule has 5 aliphatic rings. The molecule has 5 fully saturated rings. The first-order valence-corrected chi connectivity index (χ1v) is 13.0. The van der Waals surface area contributed by atoms with Crippen molar-refractivity contribution < 1.29 is 23.9 Å². The van der Waals surface area contributed by atoms with Crippen LogP contribution in [0.5, 0.6) is 5.75 Å². The summed E-state index contributed by atoms with van der Waals surface area (Å²) in [4.78, 5) is 39.6. The Kier molecular flexibility index (Phi) is 6.54. The van der Waals surface area contributed by atoms with Crippen LogP contribution >= 0.6 is 0 Å². The standard InChI is InChI=1S/C27H36N2O5/c1-2-33-26(32)34-23-5-3-22(4-6-23)24(30)28-17-18-7-9-29(10-8-18)25(31)27-14-19-11-20(15-27)13-21(12-19)16-27/h3-6,18-21H,2,7-17H2,1H3,(H,28,30). The summed E-state index contributed by atoms with van der Waals surface area (Å²) < 4.78 is 9.77. The maximum atomic E-state index is 13.6. The second kappa shape index (κ2) is 9.59. The molecule has 7 nitrogen and oxygen atoms in total. The molecule has 1 aromatic rings. The van der Waals surface area contributed by atoms with Gasteiger partial charge in [0, 0.05) is 25.2 Å². The van der Waals surface area contributed by atoms with Gasteiger partial charge in [-0.05, 0) is 106 Å². The van der Waals surface area contributed by atoms with E-state index in [-0.39, 0.29) is 17.9 Å². The van der Waals surface area contributed by atoms with Crippen LogP contribution in [0.1, 0.15) is 68.6 Å². The molecule has 1 heterocycles. The van der Waals surface area contributed by atoms with Crippen molar-refractivity contribution >= 4 is 18.0 Å². The minimum Gasteiger partial charge on any atom is -0.434 e. The zero-order chi connectivity index (χ0) is 23.7. The summed E-state index contributed by atoms with van der Waals surface area (Å²) in [5.41, 5.74) is 0.463. The molecule has 4 bridgehead atoms. The van der Waals surface area contributed by atoms with Gasteiger partial charge in [0.2, 0.25) is 5.91 Å². The van der Waals surface area contributed by atoms with E-state index in [1.165, 1.54) is 19.3 Å². The lowest BCUT2D eigenvalue weighted by atomic mass is 9.49. The number of amides is 2. The van der Waals surface area contributed by atoms with E-state index in [2.05, 4.69) is 10.2 Å². The number of carbonyl (C=O) groups excluding carboxylic acids is 3. The Balaban J connectivity index is 1.07. The Bertz CT molecular complexity index is 884. The highest BCUT2D eigenvalue weighted by Crippen LogP contribution is 2.60. The quantitative estimate of drug-likeness (QED) is 0.494. The fraction of sp³-hybridized carbons (Fsp3) is 0.667. The van der Waals surface area contributed by atoms with Crippen molar-refractivity contribution in [3.63, 3.8) is 0 Å². The third kappa shape index (κ3) is 4.80. The van der Waals surface area contributed by atoms with Crippen molar-refractivity contribution in [2.75, 3.05) is 26.2 Å². The second-order valence-corrected chi connectivity index (χ2v) is 11.0. The predicted molar refractivity (Wildman–Crippen MR) is 126 cm³/mol. The van der Waals surface area contributed by atoms with Gasteiger partial charge in [-0.2, -0.15) is 0 Å². The number of likely N-dealkylation sites (tertiary alicyclic amines) is 1. The number of hydrogen-bond acceptors (Lipinski definition) is 5. The predicted octanol–water partition coefficient (Wildman–Crippen LogP) is 4.41. The van der Waals surface area contributed by atoms with Gasteiger partial charge < -0.3 is 19.7 Å². The highest BCUT2D eigenvalue weighted by molar-refractivity contribution is 5.94. The number of nitrogens with one attached hydrogen (secondary N) is 1. The Morgan fingerprint density at radius 3 is 2.12 bits per heavy atom. The summed E-state index contributed by atoms with van der Waals surface area (Å²) in [6.07, 6.45) is 8.55. The van der Waals surface area contributed by atoms with Gasteiger partial charge in [0.15, 0.2) is 0 Å². The van der Waals surface area contributed by atoms with Gasteiger partial charge in [0.25, 0.3) is 5.91 Å². The van der Waals surface area contributed by atoms with Crippen molar-refractivity contribution in [1.82, 2.24) is 10.2 Å². The van der Waals surface area contributed by atoms with Crippen molar-refractivity contribution in [3.8, 4) is 5.75 Å². The van der Waals surface area contributed by atoms with Gasteiger partial charge in [-0.1, -0.05) is 0 Å². The van der Waals surface area contributed by atoms with E-state index in [1.807, 2.05) is 0 Å². The average Bonchev–Trinajstić information content (AvgIpc) is 2.82. The minimum absolute atomic E-state index is 0.0566. The molecule has 4 aliphatic carbocycles. The van der Waals surface area contributed by atoms with E-state index in [4.69, 9.17) is 9.47 Å². The first-order valence-electron chi connectivity index (χ1n) is 13.0. The lowest BCUT2D eigenvalue weighted by molar-refractivity contribution is -0.159. The van der Waals surface area contributed by atoms with Gasteiger partial charge in [0.1, 0.15) is 5.75 Å². The SMILES string of the molecule is CCOC(=O)Oc1ccc(C(=O)NCC2CCN(C(=O)C34CC5CC(CC(C5)C3)C4)CC2)cc1. The zero-order valence-electron chi connectivity index (χ0n) is 20.1. The molecule has 2 amide bonds. The van der Waals surface area contributed by atoms with Gasteiger partial charge in [-0.25, -0.2) is 4.79 Å². The van der Waals surface area contributed by atoms with Crippen LogP contribution in [0.3, 0.4) is 0 Å². The number of ether oxygens (including phenoxy) is 2. The molecule has 0 spiro atoms. The van der Waals surface area contributed by atoms with Crippen LogP contribution in [0.15, 0.2) is 24.3 Å². The van der Waals surface area contributed by atoms with Crippen molar-refractivity contribution in [2.45, 2.75) is 58.3 Å². The van der Waals surface area contributed by atoms with Crippen LogP contribution < -0.4 is 10.1 Å². The van der Waals surface area contributed by atoms with Crippen LogP contribution in [0, 0.1) is 29.1 Å². The molecule has 6 rings (SSSR count). The summed E-state index contributed by atoms with van der Waals surface area (Å²) in [6.45, 7) is 4.18. The van der Waals surface area contributed by atoms with Crippen LogP contribution in [-0.2, 0) is 9.53 Å². The van der Waals surface area contributed by atoms with Gasteiger partial charge >= 0.3 is 6.16 Å². The van der Waals surface area contributed by atoms with E-state index in [0.717, 1.165) is 62.9 Å². The molecule has 1 N–H and O–H groups in total. The molecule has 0 unspecified atom stereocenters. The Morgan fingerprint density at radius 2 is 1.56 bits per heavy atom. The number of rotatable bonds is 6. The number of nitrogens with zero attached hydrogens (tertiary/aromatic N) is 1. The lowest BCUT2D eigenvalue weighted by Crippen LogP contribution is -2.56. The molecule has 184 valence electrons. The third-order valence-corrected chi connectivity index (χ3v) is 8.52. The summed E-state index contributed by atoms with van der Waals surface area (Å²) in [6, 6.07) is 6.44. The summed E-state index contributed by atoms with van der Waals surface area (Å²) in [5, 5.41) is 3.03. The Morgan fingerprint density at radius 1 is 0.971 bits per heavy atom. The monoisotopic (exact) mass is 468 g/mol. The van der Waals surface area contributed by atoms with E-state index < -0.39 is 6.16 Å². The zero-order valence-corrected chi connectivity index (χ0v) is 20.1. The maximum absolute atomic E-state index is 13.6. The van der Waals surface area contributed by atoms with Crippen molar-refractivity contribution in [1.29, 1.82) is 0 Å². The van der Waals surface area contributed by atoms with E-state index in [9.17, 15) is 14.4 Å². The largest absolute Gasteiger partial charge is 0.513 e. The molecule has 34 heavy (non-hydrogen) atoms. The van der Waals surface area contributed by atoms with E-state index in [1.54, 1.807) is 31.2 Å². The average molecular weight is 469 g/mol. The normalized spacial score (nSPS) is 30.1. The summed E-state index contributed by atoms with van der Waals surface area (Å²) >= 11 is 0. The Labute approximate surface area is 201 Å². The van der Waals surface area contributed by atoms with Crippen LogP contribution in [-0.4, -0.2) is 49.1 Å². The number of hydrogen-bond donors (Lipinski definition) is 1. The number of carbonyl (C=O) groups is 3. The summed E-state index contributed by atoms with van der Waals surface area (Å²) in [7, 11) is 0. The molecule has 1 aromatic carbocycles. The first-order chi connectivity index (χ1) is 16.4. The highest BCUT2D eigenvalue weighted by atomic mass is 16.7. The summed E-state index contributed by atoms with van der Waals surface area (Å²) in [5.74, 6) is 3.37. The topological polar surface area (TPSA) is 84.9 Å². The molecule has 4 saturated carbocycles. The lowest BCUT2D eigenvalue weighted by Gasteiger charge is -2.57. The van der Waals surface area contributed by atoms with E-state index in [0.29, 0.717) is 29.7 Å². The highest BCUT2D eigenvalue weighted by Gasteiger charge is 2.55. The maximum Gasteiger partial charge on any atom is 0.513 e. The van der Waals surface area contributed by atoms with Crippen molar-refractivity contribution in [2.24, 2.45) is 29.1 Å². The Hall–Kier alpha value is -2.57. The molecular weight excluding hydrogens is 432 g/mol. The molecule has 0 aromatic heterocycles. The van der Waals surface area contributed by atoms with Crippen molar-refractivity contribution in [3.05, 3.63) is 29.8 Å². The van der Waals surface area contributed by atoms with Gasteiger partial charge in [-0.15, -0.1) is 0 Å². The molecule has 0 atom stereocenters. The number of piperidine rings is 1. The second-order valence-electron chi connectivity index (χ2n) is 11.0. The molecule has 7 heteroatoms. The smallest absolute Gasteiger partial charge is 0.434 e. The molecule has 1 saturated heterocycles. The minimum atomic E-state index is -0.757. The van der Waals surface area contributed by atoms with Gasteiger partial charge in [-0.3, -0.25) is 9.59 Å². The molecule has 0 radical (unpaired) electrons. The fourth-order valence-electron chi connectivity index (χ4n) is 7.31.